The number of hydrogen-bond donors (Lipinski definition) is 2. The summed E-state index contributed by atoms with van der Waals surface area (Å²) < 4.78 is 24.5. The van der Waals surface area contributed by atoms with Crippen LogP contribution in [0.2, 0.25) is 5.02 Å². The van der Waals surface area contributed by atoms with Crippen LogP contribution in [0.1, 0.15) is 0 Å². The second kappa shape index (κ2) is 6.34. The third-order valence-corrected chi connectivity index (χ3v) is 2.94. The SMILES string of the molecule is Nc1cc(N)c(OCCOc2ccccc2)c(F)c1Cl. The molecule has 0 saturated heterocycles. The third-order valence-electron chi connectivity index (χ3n) is 2.56. The normalized spacial score (nSPS) is 10.3. The standard InChI is InChI=1S/C14H14ClFN2O2/c15-12-10(17)8-11(18)14(13(12)16)20-7-6-19-9-4-2-1-3-5-9/h1-5,8H,6-7,17-18H2. The molecule has 2 aromatic rings. The molecule has 6 heteroatoms. The highest BCUT2D eigenvalue weighted by Crippen LogP contribution is 2.35. The van der Waals surface area contributed by atoms with Gasteiger partial charge in [-0.15, -0.1) is 0 Å². The molecule has 20 heavy (non-hydrogen) atoms. The lowest BCUT2D eigenvalue weighted by atomic mass is 10.2. The van der Waals surface area contributed by atoms with Gasteiger partial charge < -0.3 is 20.9 Å². The predicted molar refractivity (Wildman–Crippen MR) is 77.7 cm³/mol. The maximum absolute atomic E-state index is 13.8. The molecule has 2 rings (SSSR count). The van der Waals surface area contributed by atoms with Crippen LogP contribution in [-0.4, -0.2) is 13.2 Å². The summed E-state index contributed by atoms with van der Waals surface area (Å²) in [5.41, 5.74) is 11.3. The minimum absolute atomic E-state index is 0.0783. The zero-order valence-corrected chi connectivity index (χ0v) is 11.4. The van der Waals surface area contributed by atoms with Crippen LogP contribution in [0.15, 0.2) is 36.4 Å². The number of nitrogens with two attached hydrogens (primary N) is 2. The predicted octanol–water partition coefficient (Wildman–Crippen LogP) is 3.10. The first-order valence-corrected chi connectivity index (χ1v) is 6.31. The lowest BCUT2D eigenvalue weighted by Gasteiger charge is -2.12. The van der Waals surface area contributed by atoms with E-state index in [1.807, 2.05) is 30.3 Å². The Balaban J connectivity index is 1.93. The van der Waals surface area contributed by atoms with Gasteiger partial charge in [0.05, 0.1) is 11.4 Å². The highest BCUT2D eigenvalue weighted by atomic mass is 35.5. The van der Waals surface area contributed by atoms with Crippen LogP contribution in [0, 0.1) is 5.82 Å². The summed E-state index contributed by atoms with van der Waals surface area (Å²) in [7, 11) is 0. The van der Waals surface area contributed by atoms with Gasteiger partial charge in [0, 0.05) is 0 Å². The monoisotopic (exact) mass is 296 g/mol. The fourth-order valence-corrected chi connectivity index (χ4v) is 1.76. The number of nitrogen functional groups attached to an aromatic ring is 2. The average Bonchev–Trinajstić information content (AvgIpc) is 2.45. The van der Waals surface area contributed by atoms with E-state index in [-0.39, 0.29) is 35.4 Å². The van der Waals surface area contributed by atoms with Crippen molar-refractivity contribution in [2.75, 3.05) is 24.7 Å². The van der Waals surface area contributed by atoms with E-state index in [4.69, 9.17) is 32.5 Å². The highest BCUT2D eigenvalue weighted by Gasteiger charge is 2.15. The lowest BCUT2D eigenvalue weighted by molar-refractivity contribution is 0.212. The molecule has 0 aromatic heterocycles. The minimum Gasteiger partial charge on any atom is -0.490 e. The second-order valence-corrected chi connectivity index (χ2v) is 4.40. The van der Waals surface area contributed by atoms with Gasteiger partial charge in [-0.2, -0.15) is 0 Å². The number of anilines is 2. The van der Waals surface area contributed by atoms with Gasteiger partial charge in [-0.3, -0.25) is 0 Å². The van der Waals surface area contributed by atoms with Crippen molar-refractivity contribution in [3.8, 4) is 11.5 Å². The molecule has 0 heterocycles. The number of benzene rings is 2. The maximum atomic E-state index is 13.8. The molecule has 4 N–H and O–H groups in total. The fraction of sp³-hybridized carbons (Fsp3) is 0.143. The van der Waals surface area contributed by atoms with Crippen molar-refractivity contribution in [3.05, 3.63) is 47.2 Å². The molecular formula is C14H14ClFN2O2. The van der Waals surface area contributed by atoms with E-state index < -0.39 is 5.82 Å². The average molecular weight is 297 g/mol. The van der Waals surface area contributed by atoms with E-state index in [1.165, 1.54) is 6.07 Å². The summed E-state index contributed by atoms with van der Waals surface area (Å²) in [5, 5.41) is -0.196. The van der Waals surface area contributed by atoms with E-state index >= 15 is 0 Å². The van der Waals surface area contributed by atoms with Crippen LogP contribution in [0.25, 0.3) is 0 Å². The third kappa shape index (κ3) is 3.24. The van der Waals surface area contributed by atoms with Crippen molar-refractivity contribution in [3.63, 3.8) is 0 Å². The number of halogens is 2. The molecule has 0 aliphatic carbocycles. The number of ether oxygens (including phenoxy) is 2. The van der Waals surface area contributed by atoms with Crippen molar-refractivity contribution < 1.29 is 13.9 Å². The van der Waals surface area contributed by atoms with Gasteiger partial charge in [-0.1, -0.05) is 29.8 Å². The Morgan fingerprint density at radius 1 is 1.00 bits per heavy atom. The summed E-state index contributed by atoms with van der Waals surface area (Å²) >= 11 is 5.70. The molecule has 0 fully saturated rings. The zero-order chi connectivity index (χ0) is 14.5. The van der Waals surface area contributed by atoms with Gasteiger partial charge in [-0.25, -0.2) is 4.39 Å². The molecule has 4 nitrogen and oxygen atoms in total. The molecular weight excluding hydrogens is 283 g/mol. The molecule has 0 unspecified atom stereocenters. The summed E-state index contributed by atoms with van der Waals surface area (Å²) in [4.78, 5) is 0. The Morgan fingerprint density at radius 3 is 2.35 bits per heavy atom. The van der Waals surface area contributed by atoms with Crippen LogP contribution in [0.4, 0.5) is 15.8 Å². The molecule has 0 spiro atoms. The van der Waals surface area contributed by atoms with Crippen LogP contribution in [0.5, 0.6) is 11.5 Å². The van der Waals surface area contributed by atoms with E-state index in [2.05, 4.69) is 0 Å². The second-order valence-electron chi connectivity index (χ2n) is 4.02. The maximum Gasteiger partial charge on any atom is 0.187 e. The van der Waals surface area contributed by atoms with E-state index in [0.29, 0.717) is 5.75 Å². The molecule has 0 bridgehead atoms. The fourth-order valence-electron chi connectivity index (χ4n) is 1.62. The number of rotatable bonds is 5. The van der Waals surface area contributed by atoms with Gasteiger partial charge in [0.2, 0.25) is 0 Å². The Hall–Kier alpha value is -2.14. The largest absolute Gasteiger partial charge is 0.490 e. The Morgan fingerprint density at radius 2 is 1.65 bits per heavy atom. The molecule has 0 aliphatic heterocycles. The smallest absolute Gasteiger partial charge is 0.187 e. The summed E-state index contributed by atoms with van der Waals surface area (Å²) in [6.07, 6.45) is 0. The summed E-state index contributed by atoms with van der Waals surface area (Å²) in [6, 6.07) is 10.6. The molecule has 106 valence electrons. The molecule has 2 aromatic carbocycles. The van der Waals surface area contributed by atoms with Gasteiger partial charge >= 0.3 is 0 Å². The van der Waals surface area contributed by atoms with Crippen LogP contribution < -0.4 is 20.9 Å². The minimum atomic E-state index is -0.760. The van der Waals surface area contributed by atoms with Crippen molar-refractivity contribution in [2.24, 2.45) is 0 Å². The van der Waals surface area contributed by atoms with E-state index in [0.717, 1.165) is 0 Å². The van der Waals surface area contributed by atoms with Crippen molar-refractivity contribution in [1.82, 2.24) is 0 Å². The first-order valence-electron chi connectivity index (χ1n) is 5.93. The van der Waals surface area contributed by atoms with Crippen molar-refractivity contribution >= 4 is 23.0 Å². The number of hydrogen-bond acceptors (Lipinski definition) is 4. The van der Waals surface area contributed by atoms with Gasteiger partial charge in [0.25, 0.3) is 0 Å². The van der Waals surface area contributed by atoms with E-state index in [1.54, 1.807) is 0 Å². The summed E-state index contributed by atoms with van der Waals surface area (Å²) in [6.45, 7) is 0.390. The van der Waals surface area contributed by atoms with Crippen LogP contribution >= 0.6 is 11.6 Å². The van der Waals surface area contributed by atoms with Gasteiger partial charge in [0.15, 0.2) is 11.6 Å². The lowest BCUT2D eigenvalue weighted by Crippen LogP contribution is -2.11. The van der Waals surface area contributed by atoms with Gasteiger partial charge in [-0.05, 0) is 18.2 Å². The Kier molecular flexibility index (Phi) is 4.53. The first kappa shape index (κ1) is 14.3. The molecule has 0 aliphatic rings. The topological polar surface area (TPSA) is 70.5 Å². The number of para-hydroxylation sites is 1. The zero-order valence-electron chi connectivity index (χ0n) is 10.6. The Bertz CT molecular complexity index is 593. The quantitative estimate of drug-likeness (QED) is 0.657. The van der Waals surface area contributed by atoms with Gasteiger partial charge in [0.1, 0.15) is 24.0 Å². The highest BCUT2D eigenvalue weighted by molar-refractivity contribution is 6.33. The van der Waals surface area contributed by atoms with Crippen molar-refractivity contribution in [2.45, 2.75) is 0 Å². The Labute approximate surface area is 121 Å². The van der Waals surface area contributed by atoms with Crippen molar-refractivity contribution in [1.29, 1.82) is 0 Å². The van der Waals surface area contributed by atoms with Crippen LogP contribution in [-0.2, 0) is 0 Å². The first-order chi connectivity index (χ1) is 9.59. The molecule has 0 amide bonds. The van der Waals surface area contributed by atoms with Crippen LogP contribution in [0.3, 0.4) is 0 Å². The molecule has 0 saturated carbocycles. The van der Waals surface area contributed by atoms with E-state index in [9.17, 15) is 4.39 Å². The summed E-state index contributed by atoms with van der Waals surface area (Å²) in [5.74, 6) is -0.162. The molecule has 0 radical (unpaired) electrons. The molecule has 0 atom stereocenters.